The molecule has 0 aromatic heterocycles. The van der Waals surface area contributed by atoms with Crippen LogP contribution in [0.15, 0.2) is 18.2 Å². The van der Waals surface area contributed by atoms with Gasteiger partial charge in [-0.3, -0.25) is 0 Å². The highest BCUT2D eigenvalue weighted by molar-refractivity contribution is 5.25. The third-order valence-corrected chi connectivity index (χ3v) is 3.83. The summed E-state index contributed by atoms with van der Waals surface area (Å²) in [7, 11) is 0. The second kappa shape index (κ2) is 5.81. The number of aryl methyl sites for hydroxylation is 1. The zero-order valence-electron chi connectivity index (χ0n) is 11.1. The molecule has 1 fully saturated rings. The van der Waals surface area contributed by atoms with Crippen molar-refractivity contribution in [2.75, 3.05) is 0 Å². The highest BCUT2D eigenvalue weighted by Crippen LogP contribution is 2.22. The van der Waals surface area contributed by atoms with Crippen LogP contribution < -0.4 is 5.32 Å². The maximum absolute atomic E-state index is 13.5. The maximum atomic E-state index is 13.5. The molecule has 0 saturated heterocycles. The Balaban J connectivity index is 1.98. The molecular formula is C15H22FNO. The molecule has 100 valence electrons. The van der Waals surface area contributed by atoms with Gasteiger partial charge in [0.25, 0.3) is 0 Å². The van der Waals surface area contributed by atoms with Gasteiger partial charge in [-0.15, -0.1) is 0 Å². The monoisotopic (exact) mass is 251 g/mol. The van der Waals surface area contributed by atoms with Crippen LogP contribution in [0.2, 0.25) is 0 Å². The number of rotatable bonds is 3. The fraction of sp³-hybridized carbons (Fsp3) is 0.600. The summed E-state index contributed by atoms with van der Waals surface area (Å²) < 4.78 is 13.5. The molecule has 18 heavy (non-hydrogen) atoms. The molecule has 1 aliphatic rings. The van der Waals surface area contributed by atoms with Gasteiger partial charge >= 0.3 is 0 Å². The quantitative estimate of drug-likeness (QED) is 0.865. The molecule has 1 saturated carbocycles. The highest BCUT2D eigenvalue weighted by Gasteiger charge is 2.21. The molecule has 0 heterocycles. The molecule has 1 aliphatic carbocycles. The standard InChI is InChI=1S/C15H22FNO/c1-10-6-7-12(8-15(10)16)11(2)17-13-4-3-5-14(18)9-13/h6-8,11,13-14,17-18H,3-5,9H2,1-2H3. The van der Waals surface area contributed by atoms with Crippen LogP contribution in [-0.2, 0) is 0 Å². The van der Waals surface area contributed by atoms with Crippen LogP contribution in [0.4, 0.5) is 4.39 Å². The first-order valence-corrected chi connectivity index (χ1v) is 6.76. The van der Waals surface area contributed by atoms with E-state index in [1.807, 2.05) is 19.1 Å². The Bertz CT molecular complexity index is 407. The largest absolute Gasteiger partial charge is 0.393 e. The lowest BCUT2D eigenvalue weighted by atomic mass is 9.92. The van der Waals surface area contributed by atoms with E-state index < -0.39 is 0 Å². The summed E-state index contributed by atoms with van der Waals surface area (Å²) in [5.74, 6) is -0.148. The Morgan fingerprint density at radius 2 is 2.17 bits per heavy atom. The molecule has 1 aromatic carbocycles. The number of halogens is 1. The van der Waals surface area contributed by atoms with Crippen LogP contribution in [0.5, 0.6) is 0 Å². The Hall–Kier alpha value is -0.930. The lowest BCUT2D eigenvalue weighted by Gasteiger charge is -2.29. The number of aliphatic hydroxyl groups is 1. The minimum absolute atomic E-state index is 0.121. The molecule has 3 unspecified atom stereocenters. The second-order valence-corrected chi connectivity index (χ2v) is 5.41. The van der Waals surface area contributed by atoms with E-state index in [4.69, 9.17) is 0 Å². The minimum Gasteiger partial charge on any atom is -0.393 e. The Labute approximate surface area is 108 Å². The van der Waals surface area contributed by atoms with E-state index in [1.165, 1.54) is 0 Å². The molecule has 0 bridgehead atoms. The third kappa shape index (κ3) is 3.30. The topological polar surface area (TPSA) is 32.3 Å². The first-order valence-electron chi connectivity index (χ1n) is 6.76. The van der Waals surface area contributed by atoms with Crippen molar-refractivity contribution in [2.24, 2.45) is 0 Å². The summed E-state index contributed by atoms with van der Waals surface area (Å²) >= 11 is 0. The molecule has 3 atom stereocenters. The van der Waals surface area contributed by atoms with Crippen LogP contribution in [0.25, 0.3) is 0 Å². The van der Waals surface area contributed by atoms with Gasteiger partial charge in [-0.2, -0.15) is 0 Å². The average molecular weight is 251 g/mol. The van der Waals surface area contributed by atoms with Crippen molar-refractivity contribution in [2.45, 2.75) is 57.7 Å². The van der Waals surface area contributed by atoms with E-state index in [0.29, 0.717) is 11.6 Å². The second-order valence-electron chi connectivity index (χ2n) is 5.41. The number of hydrogen-bond donors (Lipinski definition) is 2. The average Bonchev–Trinajstić information content (AvgIpc) is 2.32. The number of nitrogens with one attached hydrogen (secondary N) is 1. The smallest absolute Gasteiger partial charge is 0.126 e. The van der Waals surface area contributed by atoms with Gasteiger partial charge in [-0.05, 0) is 56.7 Å². The predicted octanol–water partition coefficient (Wildman–Crippen LogP) is 3.09. The third-order valence-electron chi connectivity index (χ3n) is 3.83. The zero-order chi connectivity index (χ0) is 13.1. The molecule has 3 heteroatoms. The van der Waals surface area contributed by atoms with Gasteiger partial charge in [0, 0.05) is 12.1 Å². The SMILES string of the molecule is Cc1ccc(C(C)NC2CCCC(O)C2)cc1F. The first kappa shape index (κ1) is 13.5. The van der Waals surface area contributed by atoms with Gasteiger partial charge in [0.15, 0.2) is 0 Å². The van der Waals surface area contributed by atoms with Gasteiger partial charge in [0.05, 0.1) is 6.10 Å². The van der Waals surface area contributed by atoms with Crippen molar-refractivity contribution in [3.05, 3.63) is 35.1 Å². The molecule has 2 nitrogen and oxygen atoms in total. The van der Waals surface area contributed by atoms with Crippen molar-refractivity contribution in [1.29, 1.82) is 0 Å². The highest BCUT2D eigenvalue weighted by atomic mass is 19.1. The van der Waals surface area contributed by atoms with Crippen molar-refractivity contribution in [1.82, 2.24) is 5.32 Å². The summed E-state index contributed by atoms with van der Waals surface area (Å²) in [4.78, 5) is 0. The summed E-state index contributed by atoms with van der Waals surface area (Å²) in [5.41, 5.74) is 1.65. The van der Waals surface area contributed by atoms with E-state index in [9.17, 15) is 9.50 Å². The fourth-order valence-corrected chi connectivity index (χ4v) is 2.64. The molecule has 1 aromatic rings. The van der Waals surface area contributed by atoms with E-state index in [1.54, 1.807) is 13.0 Å². The van der Waals surface area contributed by atoms with Gasteiger partial charge in [-0.1, -0.05) is 12.1 Å². The molecular weight excluding hydrogens is 229 g/mol. The number of aliphatic hydroxyl groups excluding tert-OH is 1. The summed E-state index contributed by atoms with van der Waals surface area (Å²) in [6.45, 7) is 3.82. The molecule has 0 radical (unpaired) electrons. The normalized spacial score (nSPS) is 26.0. The van der Waals surface area contributed by atoms with Crippen LogP contribution in [0.3, 0.4) is 0 Å². The Morgan fingerprint density at radius 1 is 1.39 bits per heavy atom. The van der Waals surface area contributed by atoms with Crippen molar-refractivity contribution < 1.29 is 9.50 Å². The molecule has 2 N–H and O–H groups in total. The summed E-state index contributed by atoms with van der Waals surface area (Å²) in [6, 6.07) is 5.85. The van der Waals surface area contributed by atoms with Gasteiger partial charge in [-0.25, -0.2) is 4.39 Å². The number of benzene rings is 1. The molecule has 0 aliphatic heterocycles. The fourth-order valence-electron chi connectivity index (χ4n) is 2.64. The lowest BCUT2D eigenvalue weighted by molar-refractivity contribution is 0.109. The van der Waals surface area contributed by atoms with Crippen molar-refractivity contribution in [3.8, 4) is 0 Å². The van der Waals surface area contributed by atoms with Crippen LogP contribution in [0, 0.1) is 12.7 Å². The lowest BCUT2D eigenvalue weighted by Crippen LogP contribution is -2.37. The van der Waals surface area contributed by atoms with Gasteiger partial charge < -0.3 is 10.4 Å². The van der Waals surface area contributed by atoms with Gasteiger partial charge in [0.2, 0.25) is 0 Å². The van der Waals surface area contributed by atoms with Crippen LogP contribution >= 0.6 is 0 Å². The Kier molecular flexibility index (Phi) is 4.36. The van der Waals surface area contributed by atoms with E-state index in [-0.39, 0.29) is 18.0 Å². The van der Waals surface area contributed by atoms with E-state index >= 15 is 0 Å². The van der Waals surface area contributed by atoms with E-state index in [0.717, 1.165) is 31.2 Å². The summed E-state index contributed by atoms with van der Waals surface area (Å²) in [6.07, 6.45) is 3.69. The zero-order valence-corrected chi connectivity index (χ0v) is 11.1. The van der Waals surface area contributed by atoms with Crippen LogP contribution in [-0.4, -0.2) is 17.3 Å². The predicted molar refractivity (Wildman–Crippen MR) is 71.0 cm³/mol. The Morgan fingerprint density at radius 3 is 2.83 bits per heavy atom. The molecule has 0 amide bonds. The molecule has 0 spiro atoms. The van der Waals surface area contributed by atoms with Crippen LogP contribution in [0.1, 0.15) is 49.8 Å². The summed E-state index contributed by atoms with van der Waals surface area (Å²) in [5, 5.41) is 13.1. The molecule has 2 rings (SSSR count). The van der Waals surface area contributed by atoms with E-state index in [2.05, 4.69) is 5.32 Å². The van der Waals surface area contributed by atoms with Gasteiger partial charge in [0.1, 0.15) is 5.82 Å². The van der Waals surface area contributed by atoms with Crippen molar-refractivity contribution in [3.63, 3.8) is 0 Å². The maximum Gasteiger partial charge on any atom is 0.126 e. The minimum atomic E-state index is -0.182. The first-order chi connectivity index (χ1) is 8.56. The van der Waals surface area contributed by atoms with Crippen molar-refractivity contribution >= 4 is 0 Å². The number of hydrogen-bond acceptors (Lipinski definition) is 2.